The summed E-state index contributed by atoms with van der Waals surface area (Å²) in [6.07, 6.45) is -0.601. The van der Waals surface area contributed by atoms with Crippen molar-refractivity contribution in [3.8, 4) is 5.75 Å². The maximum Gasteiger partial charge on any atom is 0.119 e. The smallest absolute Gasteiger partial charge is 0.119 e. The van der Waals surface area contributed by atoms with Crippen molar-refractivity contribution in [1.82, 2.24) is 10.3 Å². The third kappa shape index (κ3) is 4.95. The van der Waals surface area contributed by atoms with Crippen molar-refractivity contribution in [3.63, 3.8) is 0 Å². The molecule has 1 heterocycles. The maximum atomic E-state index is 10.0. The molecule has 0 bridgehead atoms. The Morgan fingerprint density at radius 2 is 2.05 bits per heavy atom. The average molecular weight is 341 g/mol. The van der Waals surface area contributed by atoms with Gasteiger partial charge in [0.05, 0.1) is 5.54 Å². The second-order valence-corrected chi connectivity index (χ2v) is 7.01. The molecule has 1 aromatic carbocycles. The Hall–Kier alpha value is -1.14. The highest BCUT2D eigenvalue weighted by atomic mass is 35.5. The molecule has 1 aromatic heterocycles. The largest absolute Gasteiger partial charge is 0.491 e. The zero-order chi connectivity index (χ0) is 16.2. The molecule has 0 aliphatic carbocycles. The molecule has 0 fully saturated rings. The van der Waals surface area contributed by atoms with Gasteiger partial charge in [0.25, 0.3) is 0 Å². The summed E-state index contributed by atoms with van der Waals surface area (Å²) in [6, 6.07) is 7.08. The van der Waals surface area contributed by atoms with Gasteiger partial charge in [0.1, 0.15) is 23.5 Å². The number of aryl methyl sites for hydroxylation is 1. The van der Waals surface area contributed by atoms with Crippen LogP contribution in [0.15, 0.2) is 29.6 Å². The van der Waals surface area contributed by atoms with Gasteiger partial charge < -0.3 is 15.2 Å². The van der Waals surface area contributed by atoms with Gasteiger partial charge in [-0.15, -0.1) is 11.3 Å². The van der Waals surface area contributed by atoms with Gasteiger partial charge in [-0.3, -0.25) is 0 Å². The second-order valence-electron chi connectivity index (χ2n) is 5.72. The van der Waals surface area contributed by atoms with Gasteiger partial charge in [-0.05, 0) is 45.0 Å². The van der Waals surface area contributed by atoms with E-state index < -0.39 is 6.10 Å². The van der Waals surface area contributed by atoms with Crippen molar-refractivity contribution in [2.24, 2.45) is 0 Å². The van der Waals surface area contributed by atoms with Gasteiger partial charge in [0, 0.05) is 22.6 Å². The van der Waals surface area contributed by atoms with Gasteiger partial charge in [0.15, 0.2) is 0 Å². The molecule has 0 radical (unpaired) electrons. The van der Waals surface area contributed by atoms with Crippen molar-refractivity contribution in [2.45, 2.75) is 32.4 Å². The van der Waals surface area contributed by atoms with Gasteiger partial charge >= 0.3 is 0 Å². The average Bonchev–Trinajstić information content (AvgIpc) is 2.92. The van der Waals surface area contributed by atoms with Crippen LogP contribution in [-0.2, 0) is 5.54 Å². The maximum absolute atomic E-state index is 10.0. The minimum absolute atomic E-state index is 0.224. The normalized spacial score (nSPS) is 13.1. The van der Waals surface area contributed by atoms with E-state index in [0.29, 0.717) is 17.3 Å². The predicted octanol–water partition coefficient (Wildman–Crippen LogP) is 3.37. The molecule has 0 aliphatic rings. The predicted molar refractivity (Wildman–Crippen MR) is 90.8 cm³/mol. The molecule has 0 saturated heterocycles. The minimum Gasteiger partial charge on any atom is -0.491 e. The van der Waals surface area contributed by atoms with E-state index in [1.165, 1.54) is 0 Å². The summed E-state index contributed by atoms with van der Waals surface area (Å²) in [7, 11) is 0. The molecule has 1 unspecified atom stereocenters. The van der Waals surface area contributed by atoms with E-state index >= 15 is 0 Å². The standard InChI is InChI=1S/C16H21ClN2O2S/c1-11-10-22-15(19-11)16(2,3)18-8-13(20)9-21-14-6-4-12(17)5-7-14/h4-7,10,13,18,20H,8-9H2,1-3H3. The number of ether oxygens (including phenoxy) is 1. The van der Waals surface area contributed by atoms with E-state index in [2.05, 4.69) is 24.1 Å². The fourth-order valence-electron chi connectivity index (χ4n) is 1.87. The van der Waals surface area contributed by atoms with E-state index in [9.17, 15) is 5.11 Å². The van der Waals surface area contributed by atoms with Crippen LogP contribution in [0.25, 0.3) is 0 Å². The summed E-state index contributed by atoms with van der Waals surface area (Å²) in [5.41, 5.74) is 0.738. The molecule has 6 heteroatoms. The SMILES string of the molecule is Cc1csc(C(C)(C)NCC(O)COc2ccc(Cl)cc2)n1. The number of rotatable bonds is 7. The Bertz CT molecular complexity index is 598. The molecule has 22 heavy (non-hydrogen) atoms. The summed E-state index contributed by atoms with van der Waals surface area (Å²) < 4.78 is 5.54. The van der Waals surface area contributed by atoms with Crippen LogP contribution >= 0.6 is 22.9 Å². The number of aromatic nitrogens is 1. The van der Waals surface area contributed by atoms with Crippen LogP contribution in [0.4, 0.5) is 0 Å². The topological polar surface area (TPSA) is 54.4 Å². The van der Waals surface area contributed by atoms with Gasteiger partial charge in [-0.25, -0.2) is 4.98 Å². The third-order valence-corrected chi connectivity index (χ3v) is 4.73. The minimum atomic E-state index is -0.601. The quantitative estimate of drug-likeness (QED) is 0.811. The summed E-state index contributed by atoms with van der Waals surface area (Å²) in [5, 5.41) is 17.1. The molecule has 2 aromatic rings. The summed E-state index contributed by atoms with van der Waals surface area (Å²) in [6.45, 7) is 6.74. The zero-order valence-electron chi connectivity index (χ0n) is 13.0. The summed E-state index contributed by atoms with van der Waals surface area (Å²) >= 11 is 7.44. The van der Waals surface area contributed by atoms with E-state index in [1.54, 1.807) is 35.6 Å². The first kappa shape index (κ1) is 17.2. The van der Waals surface area contributed by atoms with Crippen LogP contribution < -0.4 is 10.1 Å². The van der Waals surface area contributed by atoms with Crippen molar-refractivity contribution in [3.05, 3.63) is 45.4 Å². The van der Waals surface area contributed by atoms with Gasteiger partial charge in [-0.2, -0.15) is 0 Å². The molecule has 0 aliphatic heterocycles. The fraction of sp³-hybridized carbons (Fsp3) is 0.438. The first-order valence-electron chi connectivity index (χ1n) is 7.11. The van der Waals surface area contributed by atoms with Crippen LogP contribution in [0.2, 0.25) is 5.02 Å². The summed E-state index contributed by atoms with van der Waals surface area (Å²) in [4.78, 5) is 4.49. The molecular formula is C16H21ClN2O2S. The Labute approximate surface area is 140 Å². The number of hydrogen-bond acceptors (Lipinski definition) is 5. The van der Waals surface area contributed by atoms with Crippen LogP contribution in [0, 0.1) is 6.92 Å². The Kier molecular flexibility index (Phi) is 5.81. The highest BCUT2D eigenvalue weighted by Crippen LogP contribution is 2.23. The lowest BCUT2D eigenvalue weighted by atomic mass is 10.1. The first-order chi connectivity index (χ1) is 10.4. The zero-order valence-corrected chi connectivity index (χ0v) is 14.5. The number of thiazole rings is 1. The van der Waals surface area contributed by atoms with Crippen LogP contribution in [0.1, 0.15) is 24.5 Å². The molecule has 1 atom stereocenters. The van der Waals surface area contributed by atoms with E-state index in [0.717, 1.165) is 10.7 Å². The van der Waals surface area contributed by atoms with Crippen LogP contribution in [-0.4, -0.2) is 29.3 Å². The molecule has 0 amide bonds. The number of nitrogens with zero attached hydrogens (tertiary/aromatic N) is 1. The Morgan fingerprint density at radius 1 is 1.36 bits per heavy atom. The van der Waals surface area contributed by atoms with Crippen molar-refractivity contribution in [2.75, 3.05) is 13.2 Å². The molecule has 0 spiro atoms. The lowest BCUT2D eigenvalue weighted by molar-refractivity contribution is 0.0987. The number of halogens is 1. The molecule has 2 N–H and O–H groups in total. The molecular weight excluding hydrogens is 320 g/mol. The van der Waals surface area contributed by atoms with E-state index in [4.69, 9.17) is 16.3 Å². The highest BCUT2D eigenvalue weighted by Gasteiger charge is 2.24. The Morgan fingerprint density at radius 3 is 2.64 bits per heavy atom. The summed E-state index contributed by atoms with van der Waals surface area (Å²) in [5.74, 6) is 0.693. The van der Waals surface area contributed by atoms with Crippen LogP contribution in [0.3, 0.4) is 0 Å². The number of aliphatic hydroxyl groups is 1. The number of hydrogen-bond donors (Lipinski definition) is 2. The highest BCUT2D eigenvalue weighted by molar-refractivity contribution is 7.09. The van der Waals surface area contributed by atoms with Gasteiger partial charge in [-0.1, -0.05) is 11.6 Å². The van der Waals surface area contributed by atoms with Crippen molar-refractivity contribution < 1.29 is 9.84 Å². The molecule has 0 saturated carbocycles. The number of aliphatic hydroxyl groups excluding tert-OH is 1. The monoisotopic (exact) mass is 340 g/mol. The molecule has 4 nitrogen and oxygen atoms in total. The van der Waals surface area contributed by atoms with Gasteiger partial charge in [0.2, 0.25) is 0 Å². The number of benzene rings is 1. The second kappa shape index (κ2) is 7.42. The van der Waals surface area contributed by atoms with Crippen molar-refractivity contribution in [1.29, 1.82) is 0 Å². The van der Waals surface area contributed by atoms with E-state index in [1.807, 2.05) is 12.3 Å². The molecule has 120 valence electrons. The lowest BCUT2D eigenvalue weighted by Gasteiger charge is -2.25. The Balaban J connectivity index is 1.79. The van der Waals surface area contributed by atoms with Crippen LogP contribution in [0.5, 0.6) is 5.75 Å². The van der Waals surface area contributed by atoms with Crippen molar-refractivity contribution >= 4 is 22.9 Å². The molecule has 2 rings (SSSR count). The number of nitrogens with one attached hydrogen (secondary N) is 1. The van der Waals surface area contributed by atoms with E-state index in [-0.39, 0.29) is 12.1 Å². The first-order valence-corrected chi connectivity index (χ1v) is 8.36. The third-order valence-electron chi connectivity index (χ3n) is 3.19. The lowest BCUT2D eigenvalue weighted by Crippen LogP contribution is -2.42. The fourth-order valence-corrected chi connectivity index (χ4v) is 2.90.